The number of aromatic amines is 1. The fraction of sp³-hybridized carbons (Fsp3) is 0.279. The number of carbonyl (C=O) groups excluding carboxylic acids is 3. The monoisotopic (exact) mass is 821 g/mol. The van der Waals surface area contributed by atoms with Crippen molar-refractivity contribution in [2.45, 2.75) is 69.0 Å². The molecule has 1 aliphatic carbocycles. The lowest BCUT2D eigenvalue weighted by Gasteiger charge is -2.26. The maximum Gasteiger partial charge on any atom is 0.469 e. The molecule has 0 saturated carbocycles. The Morgan fingerprint density at radius 1 is 0.814 bits per heavy atom. The van der Waals surface area contributed by atoms with Crippen molar-refractivity contribution in [3.05, 3.63) is 164 Å². The molecule has 3 amide bonds. The summed E-state index contributed by atoms with van der Waals surface area (Å²) in [7, 11) is -4.97. The molecule has 5 atom stereocenters. The number of rotatable bonds is 15. The number of amides is 3. The standard InChI is InChI=1S/C43H44N5O10P/c1-26-24-48(43(53)47-40(26)50)39-23-34(37(58-39)25-57-59(54,55)56)45-42(52)36(21-28-14-6-3-7-15-28)46-41(51)35(20-27-12-4-2-5-13-27)44-38(49)22-33-31-18-10-8-16-29(31)30-17-9-11-19-32(30)33/h2-19,24,33-37,39H,20-23,25H2,1H3,(H,44,49)(H,45,52)(H,46,51)(H,47,50,53)(H2,54,55,56)/t34-,35?,36?,37+,39+/m0/s1. The van der Waals surface area contributed by atoms with Crippen LogP contribution in [0, 0.1) is 6.92 Å². The Bertz CT molecular complexity index is 2440. The number of nitrogens with one attached hydrogen (secondary N) is 4. The van der Waals surface area contributed by atoms with Crippen LogP contribution in [0.25, 0.3) is 11.1 Å². The van der Waals surface area contributed by atoms with E-state index in [2.05, 4.69) is 20.9 Å². The zero-order valence-corrected chi connectivity index (χ0v) is 32.9. The van der Waals surface area contributed by atoms with Crippen LogP contribution in [0.4, 0.5) is 0 Å². The molecule has 1 aromatic heterocycles. The first-order chi connectivity index (χ1) is 28.3. The lowest BCUT2D eigenvalue weighted by molar-refractivity contribution is -0.132. The second-order valence-corrected chi connectivity index (χ2v) is 16.0. The Labute approximate surface area is 339 Å². The highest BCUT2D eigenvalue weighted by molar-refractivity contribution is 7.46. The SMILES string of the molecule is Cc1cn([C@H]2C[C@H](NC(=O)C(Cc3ccccc3)NC(=O)C(Cc3ccccc3)NC(=O)CC3c4ccccc4-c4ccccc43)[C@@H](COP(=O)(O)O)O2)c(=O)[nH]c1=O. The molecule has 2 aliphatic rings. The molecule has 1 fully saturated rings. The second-order valence-electron chi connectivity index (χ2n) is 14.7. The molecule has 0 radical (unpaired) electrons. The predicted molar refractivity (Wildman–Crippen MR) is 217 cm³/mol. The lowest BCUT2D eigenvalue weighted by atomic mass is 9.93. The summed E-state index contributed by atoms with van der Waals surface area (Å²) in [5.41, 5.74) is 4.50. The van der Waals surface area contributed by atoms with Crippen LogP contribution in [0.15, 0.2) is 125 Å². The molecule has 5 aromatic rings. The lowest BCUT2D eigenvalue weighted by Crippen LogP contribution is -2.57. The number of aromatic nitrogens is 2. The summed E-state index contributed by atoms with van der Waals surface area (Å²) in [4.78, 5) is 88.5. The number of hydrogen-bond donors (Lipinski definition) is 6. The molecular weight excluding hydrogens is 777 g/mol. The highest BCUT2D eigenvalue weighted by atomic mass is 31.2. The first kappa shape index (κ1) is 41.2. The number of hydrogen-bond acceptors (Lipinski definition) is 8. The summed E-state index contributed by atoms with van der Waals surface area (Å²) in [6, 6.07) is 30.8. The van der Waals surface area contributed by atoms with Gasteiger partial charge in [-0.2, -0.15) is 0 Å². The van der Waals surface area contributed by atoms with E-state index in [-0.39, 0.29) is 43.1 Å². The Morgan fingerprint density at radius 3 is 1.93 bits per heavy atom. The van der Waals surface area contributed by atoms with Crippen molar-refractivity contribution in [2.75, 3.05) is 6.61 Å². The minimum Gasteiger partial charge on any atom is -0.350 e. The van der Waals surface area contributed by atoms with E-state index in [0.717, 1.165) is 32.4 Å². The van der Waals surface area contributed by atoms with E-state index in [9.17, 15) is 38.3 Å². The highest BCUT2D eigenvalue weighted by Gasteiger charge is 2.41. The van der Waals surface area contributed by atoms with Crippen molar-refractivity contribution in [1.82, 2.24) is 25.5 Å². The first-order valence-corrected chi connectivity index (χ1v) is 20.7. The normalized spacial score (nSPS) is 18.3. The van der Waals surface area contributed by atoms with Gasteiger partial charge in [-0.25, -0.2) is 9.36 Å². The Morgan fingerprint density at radius 2 is 1.36 bits per heavy atom. The summed E-state index contributed by atoms with van der Waals surface area (Å²) >= 11 is 0. The molecule has 59 heavy (non-hydrogen) atoms. The van der Waals surface area contributed by atoms with Crippen molar-refractivity contribution >= 4 is 25.5 Å². The topological polar surface area (TPSA) is 218 Å². The number of nitrogens with zero attached hydrogens (tertiary/aromatic N) is 1. The Hall–Kier alpha value is -5.96. The molecule has 2 heterocycles. The zero-order chi connectivity index (χ0) is 41.7. The van der Waals surface area contributed by atoms with E-state index in [1.165, 1.54) is 13.1 Å². The number of H-pyrrole nitrogens is 1. The third-order valence-corrected chi connectivity index (χ3v) is 11.1. The van der Waals surface area contributed by atoms with Crippen LogP contribution in [0.1, 0.15) is 52.8 Å². The van der Waals surface area contributed by atoms with Gasteiger partial charge in [0.25, 0.3) is 5.56 Å². The minimum absolute atomic E-state index is 0.0410. The van der Waals surface area contributed by atoms with Gasteiger partial charge in [0.1, 0.15) is 24.4 Å². The van der Waals surface area contributed by atoms with E-state index in [0.29, 0.717) is 5.56 Å². The smallest absolute Gasteiger partial charge is 0.350 e. The van der Waals surface area contributed by atoms with Crippen molar-refractivity contribution in [3.8, 4) is 11.1 Å². The molecule has 306 valence electrons. The maximum absolute atomic E-state index is 14.4. The van der Waals surface area contributed by atoms with Gasteiger partial charge in [0.2, 0.25) is 17.7 Å². The molecule has 1 aliphatic heterocycles. The highest BCUT2D eigenvalue weighted by Crippen LogP contribution is 2.46. The number of benzene rings is 4. The molecule has 7 rings (SSSR count). The molecule has 2 unspecified atom stereocenters. The van der Waals surface area contributed by atoms with Gasteiger partial charge in [-0.15, -0.1) is 0 Å². The van der Waals surface area contributed by atoms with Crippen LogP contribution in [0.3, 0.4) is 0 Å². The number of carbonyl (C=O) groups is 3. The van der Waals surface area contributed by atoms with Gasteiger partial charge in [0.15, 0.2) is 0 Å². The average Bonchev–Trinajstić information content (AvgIpc) is 3.76. The van der Waals surface area contributed by atoms with Gasteiger partial charge in [0.05, 0.1) is 12.6 Å². The third-order valence-electron chi connectivity index (χ3n) is 10.6. The number of ether oxygens (including phenoxy) is 1. The fourth-order valence-corrected chi connectivity index (χ4v) is 8.11. The van der Waals surface area contributed by atoms with E-state index < -0.39 is 68.0 Å². The van der Waals surface area contributed by atoms with Crippen LogP contribution < -0.4 is 27.2 Å². The van der Waals surface area contributed by atoms with Gasteiger partial charge in [-0.05, 0) is 40.3 Å². The molecule has 16 heteroatoms. The van der Waals surface area contributed by atoms with E-state index in [1.807, 2.05) is 84.9 Å². The van der Waals surface area contributed by atoms with E-state index in [4.69, 9.17) is 9.26 Å². The third kappa shape index (κ3) is 10.0. The maximum atomic E-state index is 14.4. The van der Waals surface area contributed by atoms with Gasteiger partial charge in [-0.3, -0.25) is 33.3 Å². The molecule has 15 nitrogen and oxygen atoms in total. The first-order valence-electron chi connectivity index (χ1n) is 19.2. The van der Waals surface area contributed by atoms with Crippen LogP contribution >= 0.6 is 7.82 Å². The summed E-state index contributed by atoms with van der Waals surface area (Å²) in [6.45, 7) is 0.841. The van der Waals surface area contributed by atoms with Crippen molar-refractivity contribution in [2.24, 2.45) is 0 Å². The zero-order valence-electron chi connectivity index (χ0n) is 32.0. The Balaban J connectivity index is 1.13. The van der Waals surface area contributed by atoms with E-state index >= 15 is 0 Å². The van der Waals surface area contributed by atoms with Crippen LogP contribution in [0.5, 0.6) is 0 Å². The van der Waals surface area contributed by atoms with Crippen molar-refractivity contribution in [3.63, 3.8) is 0 Å². The van der Waals surface area contributed by atoms with Gasteiger partial charge < -0.3 is 30.5 Å². The quantitative estimate of drug-likeness (QED) is 0.0847. The minimum atomic E-state index is -4.97. The van der Waals surface area contributed by atoms with Crippen LogP contribution in [0.2, 0.25) is 0 Å². The summed E-state index contributed by atoms with van der Waals surface area (Å²) in [5, 5.41) is 8.68. The second kappa shape index (κ2) is 17.9. The predicted octanol–water partition coefficient (Wildman–Crippen LogP) is 3.38. The van der Waals surface area contributed by atoms with Crippen LogP contribution in [-0.2, 0) is 41.1 Å². The molecule has 0 bridgehead atoms. The average molecular weight is 822 g/mol. The molecule has 0 spiro atoms. The molecular formula is C43H44N5O10P. The largest absolute Gasteiger partial charge is 0.469 e. The summed E-state index contributed by atoms with van der Waals surface area (Å²) in [6.07, 6.45) is -0.721. The molecule has 4 aromatic carbocycles. The van der Waals surface area contributed by atoms with Gasteiger partial charge in [0, 0.05) is 43.4 Å². The molecule has 1 saturated heterocycles. The van der Waals surface area contributed by atoms with Crippen LogP contribution in [-0.4, -0.2) is 67.9 Å². The number of fused-ring (bicyclic) bond motifs is 3. The fourth-order valence-electron chi connectivity index (χ4n) is 7.77. The van der Waals surface area contributed by atoms with Crippen molar-refractivity contribution in [1.29, 1.82) is 0 Å². The van der Waals surface area contributed by atoms with E-state index in [1.54, 1.807) is 24.3 Å². The molecule has 6 N–H and O–H groups in total. The summed E-state index contributed by atoms with van der Waals surface area (Å²) in [5.74, 6) is -1.85. The Kier molecular flexibility index (Phi) is 12.5. The van der Waals surface area contributed by atoms with Gasteiger partial charge in [-0.1, -0.05) is 109 Å². The number of phosphoric acid groups is 1. The summed E-state index contributed by atoms with van der Waals surface area (Å²) < 4.78 is 23.5. The van der Waals surface area contributed by atoms with Crippen molar-refractivity contribution < 1.29 is 38.0 Å². The van der Waals surface area contributed by atoms with Gasteiger partial charge >= 0.3 is 13.5 Å². The number of aryl methyl sites for hydroxylation is 1. The number of phosphoric ester groups is 1.